The third kappa shape index (κ3) is 5.38. The maximum atomic E-state index is 12.5. The Kier molecular flexibility index (Phi) is 5.24. The molecular weight excluding hydrogens is 257 g/mol. The highest BCUT2D eigenvalue weighted by atomic mass is 19.4. The molecule has 0 aliphatic heterocycles. The Morgan fingerprint density at radius 1 is 1.26 bits per heavy atom. The highest BCUT2D eigenvalue weighted by Gasteiger charge is 2.37. The van der Waals surface area contributed by atoms with Gasteiger partial charge in [-0.15, -0.1) is 0 Å². The molecule has 112 valence electrons. The fourth-order valence-electron chi connectivity index (χ4n) is 2.59. The van der Waals surface area contributed by atoms with Gasteiger partial charge in [0, 0.05) is 18.0 Å². The number of carbonyl (C=O) groups excluding carboxylic acids is 1. The number of hydrogen-bond acceptors (Lipinski definition) is 2. The number of hydrogen-bond donors (Lipinski definition) is 1. The molecule has 0 bridgehead atoms. The Hall–Kier alpha value is -0.780. The average Bonchev–Trinajstić information content (AvgIpc) is 2.24. The minimum atomic E-state index is -4.37. The van der Waals surface area contributed by atoms with E-state index in [1.165, 1.54) is 0 Å². The molecule has 6 heteroatoms. The van der Waals surface area contributed by atoms with Gasteiger partial charge in [0.1, 0.15) is 6.54 Å². The second kappa shape index (κ2) is 6.11. The number of rotatable bonds is 4. The van der Waals surface area contributed by atoms with Gasteiger partial charge in [-0.2, -0.15) is 13.2 Å². The fraction of sp³-hybridized carbons (Fsp3) is 0.923. The van der Waals surface area contributed by atoms with E-state index < -0.39 is 30.2 Å². The van der Waals surface area contributed by atoms with Crippen molar-refractivity contribution in [1.29, 1.82) is 0 Å². The minimum absolute atomic E-state index is 0.0151. The van der Waals surface area contributed by atoms with Gasteiger partial charge < -0.3 is 10.6 Å². The van der Waals surface area contributed by atoms with Crippen molar-refractivity contribution in [2.45, 2.75) is 70.1 Å². The molecule has 19 heavy (non-hydrogen) atoms. The Labute approximate surface area is 112 Å². The molecule has 1 saturated carbocycles. The average molecular weight is 280 g/mol. The number of amides is 1. The van der Waals surface area contributed by atoms with Crippen LogP contribution in [0.2, 0.25) is 0 Å². The van der Waals surface area contributed by atoms with Crippen LogP contribution in [0.5, 0.6) is 0 Å². The van der Waals surface area contributed by atoms with Crippen LogP contribution in [0, 0.1) is 0 Å². The molecule has 0 atom stereocenters. The van der Waals surface area contributed by atoms with E-state index in [2.05, 4.69) is 0 Å². The molecule has 1 aliphatic carbocycles. The smallest absolute Gasteiger partial charge is 0.331 e. The van der Waals surface area contributed by atoms with Crippen molar-refractivity contribution < 1.29 is 18.0 Å². The topological polar surface area (TPSA) is 46.3 Å². The quantitative estimate of drug-likeness (QED) is 0.860. The monoisotopic (exact) mass is 280 g/mol. The Bertz CT molecular complexity index is 310. The standard InChI is InChI=1S/C13H23F3N2O/c1-10(2)18(9-13(14,15)16)11(19)8-12(17)6-4-3-5-7-12/h10H,3-9,17H2,1-2H3. The highest BCUT2D eigenvalue weighted by molar-refractivity contribution is 5.77. The van der Waals surface area contributed by atoms with Crippen molar-refractivity contribution in [3.63, 3.8) is 0 Å². The largest absolute Gasteiger partial charge is 0.406 e. The summed E-state index contributed by atoms with van der Waals surface area (Å²) in [4.78, 5) is 13.0. The first kappa shape index (κ1) is 16.3. The van der Waals surface area contributed by atoms with Crippen molar-refractivity contribution in [3.05, 3.63) is 0 Å². The molecule has 0 aromatic heterocycles. The van der Waals surface area contributed by atoms with Crippen LogP contribution in [0.25, 0.3) is 0 Å². The predicted octanol–water partition coefficient (Wildman–Crippen LogP) is 2.84. The van der Waals surface area contributed by atoms with Gasteiger partial charge in [-0.3, -0.25) is 4.79 Å². The van der Waals surface area contributed by atoms with Gasteiger partial charge in [-0.1, -0.05) is 19.3 Å². The summed E-state index contributed by atoms with van der Waals surface area (Å²) in [7, 11) is 0. The van der Waals surface area contributed by atoms with Crippen LogP contribution in [-0.4, -0.2) is 35.1 Å². The Balaban J connectivity index is 2.66. The Morgan fingerprint density at radius 2 is 1.79 bits per heavy atom. The molecule has 0 saturated heterocycles. The fourth-order valence-corrected chi connectivity index (χ4v) is 2.59. The van der Waals surface area contributed by atoms with E-state index in [4.69, 9.17) is 5.73 Å². The molecule has 0 spiro atoms. The normalized spacial score (nSPS) is 19.5. The van der Waals surface area contributed by atoms with Crippen molar-refractivity contribution in [3.8, 4) is 0 Å². The molecule has 2 N–H and O–H groups in total. The van der Waals surface area contributed by atoms with E-state index in [-0.39, 0.29) is 6.42 Å². The number of alkyl halides is 3. The highest BCUT2D eigenvalue weighted by Crippen LogP contribution is 2.30. The molecule has 0 unspecified atom stereocenters. The van der Waals surface area contributed by atoms with Crippen molar-refractivity contribution in [2.24, 2.45) is 5.73 Å². The molecule has 0 aromatic rings. The maximum absolute atomic E-state index is 12.5. The van der Waals surface area contributed by atoms with Gasteiger partial charge in [-0.05, 0) is 26.7 Å². The predicted molar refractivity (Wildman–Crippen MR) is 67.5 cm³/mol. The Morgan fingerprint density at radius 3 is 2.21 bits per heavy atom. The molecule has 3 nitrogen and oxygen atoms in total. The van der Waals surface area contributed by atoms with E-state index in [0.717, 1.165) is 37.0 Å². The van der Waals surface area contributed by atoms with Gasteiger partial charge in [-0.25, -0.2) is 0 Å². The summed E-state index contributed by atoms with van der Waals surface area (Å²) in [6.45, 7) is 1.99. The van der Waals surface area contributed by atoms with Gasteiger partial charge in [0.2, 0.25) is 5.91 Å². The van der Waals surface area contributed by atoms with Crippen LogP contribution in [0.3, 0.4) is 0 Å². The lowest BCUT2D eigenvalue weighted by molar-refractivity contribution is -0.165. The third-order valence-corrected chi connectivity index (χ3v) is 3.65. The zero-order valence-electron chi connectivity index (χ0n) is 11.6. The van der Waals surface area contributed by atoms with E-state index >= 15 is 0 Å². The van der Waals surface area contributed by atoms with Crippen molar-refractivity contribution >= 4 is 5.91 Å². The first-order valence-electron chi connectivity index (χ1n) is 6.78. The van der Waals surface area contributed by atoms with Crippen LogP contribution in [0.15, 0.2) is 0 Å². The van der Waals surface area contributed by atoms with Crippen LogP contribution < -0.4 is 5.73 Å². The summed E-state index contributed by atoms with van der Waals surface area (Å²) in [5.41, 5.74) is 5.52. The number of carbonyl (C=O) groups is 1. The molecule has 1 amide bonds. The van der Waals surface area contributed by atoms with Gasteiger partial charge in [0.15, 0.2) is 0 Å². The summed E-state index contributed by atoms with van der Waals surface area (Å²) < 4.78 is 37.4. The first-order valence-corrected chi connectivity index (χ1v) is 6.78. The zero-order chi connectivity index (χ0) is 14.7. The number of nitrogens with two attached hydrogens (primary N) is 1. The minimum Gasteiger partial charge on any atom is -0.331 e. The molecule has 1 fully saturated rings. The summed E-state index contributed by atoms with van der Waals surface area (Å²) in [6.07, 6.45) is 0.0714. The second-order valence-electron chi connectivity index (χ2n) is 5.83. The summed E-state index contributed by atoms with van der Waals surface area (Å²) in [6, 6.07) is -0.471. The molecule has 0 heterocycles. The van der Waals surface area contributed by atoms with Crippen molar-refractivity contribution in [1.82, 2.24) is 4.90 Å². The van der Waals surface area contributed by atoms with E-state index in [0.29, 0.717) is 0 Å². The molecular formula is C13H23F3N2O. The second-order valence-corrected chi connectivity index (χ2v) is 5.83. The van der Waals surface area contributed by atoms with Gasteiger partial charge in [0.05, 0.1) is 0 Å². The molecule has 1 rings (SSSR count). The molecule has 1 aliphatic rings. The van der Waals surface area contributed by atoms with Gasteiger partial charge >= 0.3 is 6.18 Å². The van der Waals surface area contributed by atoms with Crippen LogP contribution >= 0.6 is 0 Å². The van der Waals surface area contributed by atoms with Crippen LogP contribution in [-0.2, 0) is 4.79 Å². The molecule has 0 radical (unpaired) electrons. The number of halogens is 3. The van der Waals surface area contributed by atoms with Gasteiger partial charge in [0.25, 0.3) is 0 Å². The van der Waals surface area contributed by atoms with Crippen molar-refractivity contribution in [2.75, 3.05) is 6.54 Å². The van der Waals surface area contributed by atoms with E-state index in [1.807, 2.05) is 0 Å². The number of nitrogens with zero attached hydrogens (tertiary/aromatic N) is 1. The first-order chi connectivity index (χ1) is 8.63. The summed E-state index contributed by atoms with van der Waals surface area (Å²) in [5, 5.41) is 0. The summed E-state index contributed by atoms with van der Waals surface area (Å²) in [5.74, 6) is -0.489. The maximum Gasteiger partial charge on any atom is 0.406 e. The lowest BCUT2D eigenvalue weighted by atomic mass is 9.80. The van der Waals surface area contributed by atoms with E-state index in [9.17, 15) is 18.0 Å². The van der Waals surface area contributed by atoms with E-state index in [1.54, 1.807) is 13.8 Å². The summed E-state index contributed by atoms with van der Waals surface area (Å²) >= 11 is 0. The third-order valence-electron chi connectivity index (χ3n) is 3.65. The molecule has 0 aromatic carbocycles. The van der Waals surface area contributed by atoms with Crippen LogP contribution in [0.1, 0.15) is 52.4 Å². The lowest BCUT2D eigenvalue weighted by Gasteiger charge is -2.36. The zero-order valence-corrected chi connectivity index (χ0v) is 11.6. The lowest BCUT2D eigenvalue weighted by Crippen LogP contribution is -2.50. The SMILES string of the molecule is CC(C)N(CC(F)(F)F)C(=O)CC1(N)CCCCC1. The van der Waals surface area contributed by atoms with Crippen LogP contribution in [0.4, 0.5) is 13.2 Å².